The molecule has 5 heteroatoms. The monoisotopic (exact) mass is 208 g/mol. The fourth-order valence-corrected chi connectivity index (χ4v) is 1.77. The number of anilines is 1. The van der Waals surface area contributed by atoms with Gasteiger partial charge >= 0.3 is 0 Å². The van der Waals surface area contributed by atoms with Gasteiger partial charge in [-0.2, -0.15) is 0 Å². The lowest BCUT2D eigenvalue weighted by Gasteiger charge is -2.24. The highest BCUT2D eigenvalue weighted by Crippen LogP contribution is 2.16. The minimum Gasteiger partial charge on any atom is -0.480 e. The largest absolute Gasteiger partial charge is 0.480 e. The topological polar surface area (TPSA) is 50.3 Å². The van der Waals surface area contributed by atoms with E-state index >= 15 is 0 Å². The summed E-state index contributed by atoms with van der Waals surface area (Å²) >= 11 is 0. The van der Waals surface area contributed by atoms with E-state index in [-0.39, 0.29) is 0 Å². The van der Waals surface area contributed by atoms with Crippen LogP contribution in [0.25, 0.3) is 0 Å². The van der Waals surface area contributed by atoms with Crippen molar-refractivity contribution in [1.82, 2.24) is 15.5 Å². The summed E-state index contributed by atoms with van der Waals surface area (Å²) in [6, 6.07) is 4.29. The fourth-order valence-electron chi connectivity index (χ4n) is 1.77. The SMILES string of the molecule is COc1ccc(N(C)C2CCNC2)nn1. The summed E-state index contributed by atoms with van der Waals surface area (Å²) in [6.07, 6.45) is 1.16. The number of likely N-dealkylation sites (N-methyl/N-ethyl adjacent to an activating group) is 1. The summed E-state index contributed by atoms with van der Waals surface area (Å²) < 4.78 is 4.97. The van der Waals surface area contributed by atoms with Crippen molar-refractivity contribution in [1.29, 1.82) is 0 Å². The van der Waals surface area contributed by atoms with Crippen molar-refractivity contribution >= 4 is 5.82 Å². The van der Waals surface area contributed by atoms with Gasteiger partial charge in [0.25, 0.3) is 0 Å². The van der Waals surface area contributed by atoms with Crippen molar-refractivity contribution in [3.05, 3.63) is 12.1 Å². The fraction of sp³-hybridized carbons (Fsp3) is 0.600. The highest BCUT2D eigenvalue weighted by molar-refractivity contribution is 5.38. The van der Waals surface area contributed by atoms with Crippen LogP contribution in [-0.2, 0) is 0 Å². The molecule has 0 aliphatic carbocycles. The van der Waals surface area contributed by atoms with E-state index in [1.165, 1.54) is 0 Å². The molecule has 1 atom stereocenters. The van der Waals surface area contributed by atoms with Gasteiger partial charge in [0.15, 0.2) is 5.82 Å². The minimum atomic E-state index is 0.521. The summed E-state index contributed by atoms with van der Waals surface area (Å²) in [5.74, 6) is 1.45. The molecule has 1 aromatic rings. The van der Waals surface area contributed by atoms with E-state index in [2.05, 4.69) is 20.4 Å². The van der Waals surface area contributed by atoms with Gasteiger partial charge in [0, 0.05) is 25.7 Å². The van der Waals surface area contributed by atoms with Crippen molar-refractivity contribution in [2.45, 2.75) is 12.5 Å². The van der Waals surface area contributed by atoms with Crippen LogP contribution in [0, 0.1) is 0 Å². The average molecular weight is 208 g/mol. The number of methoxy groups -OCH3 is 1. The van der Waals surface area contributed by atoms with Crippen molar-refractivity contribution in [3.63, 3.8) is 0 Å². The summed E-state index contributed by atoms with van der Waals surface area (Å²) in [4.78, 5) is 2.16. The summed E-state index contributed by atoms with van der Waals surface area (Å²) in [7, 11) is 3.64. The van der Waals surface area contributed by atoms with E-state index in [4.69, 9.17) is 4.74 Å². The van der Waals surface area contributed by atoms with Gasteiger partial charge in [-0.15, -0.1) is 10.2 Å². The minimum absolute atomic E-state index is 0.521. The molecule has 0 saturated carbocycles. The third-order valence-corrected chi connectivity index (χ3v) is 2.78. The van der Waals surface area contributed by atoms with Gasteiger partial charge in [-0.25, -0.2) is 0 Å². The standard InChI is InChI=1S/C10H16N4O/c1-14(8-5-6-11-7-8)9-3-4-10(15-2)13-12-9/h3-4,8,11H,5-7H2,1-2H3. The van der Waals surface area contributed by atoms with Crippen molar-refractivity contribution in [2.75, 3.05) is 32.1 Å². The lowest BCUT2D eigenvalue weighted by Crippen LogP contribution is -2.34. The number of aromatic nitrogens is 2. The van der Waals surface area contributed by atoms with Gasteiger partial charge in [-0.3, -0.25) is 0 Å². The van der Waals surface area contributed by atoms with Crippen LogP contribution in [0.15, 0.2) is 12.1 Å². The van der Waals surface area contributed by atoms with Crippen LogP contribution in [-0.4, -0.2) is 43.5 Å². The molecule has 0 aromatic carbocycles. The molecule has 1 unspecified atom stereocenters. The molecule has 2 rings (SSSR count). The van der Waals surface area contributed by atoms with Crippen molar-refractivity contribution in [2.24, 2.45) is 0 Å². The third-order valence-electron chi connectivity index (χ3n) is 2.78. The molecule has 0 radical (unpaired) electrons. The maximum absolute atomic E-state index is 4.97. The average Bonchev–Trinajstić information content (AvgIpc) is 2.82. The van der Waals surface area contributed by atoms with E-state index in [9.17, 15) is 0 Å². The lowest BCUT2D eigenvalue weighted by atomic mass is 10.2. The Morgan fingerprint density at radius 3 is 2.87 bits per heavy atom. The number of hydrogen-bond donors (Lipinski definition) is 1. The van der Waals surface area contributed by atoms with Crippen LogP contribution in [0.3, 0.4) is 0 Å². The van der Waals surface area contributed by atoms with Crippen LogP contribution in [0.2, 0.25) is 0 Å². The van der Waals surface area contributed by atoms with Crippen LogP contribution in [0.1, 0.15) is 6.42 Å². The van der Waals surface area contributed by atoms with Crippen LogP contribution >= 0.6 is 0 Å². The number of nitrogens with one attached hydrogen (secondary N) is 1. The van der Waals surface area contributed by atoms with Gasteiger partial charge in [-0.1, -0.05) is 0 Å². The summed E-state index contributed by atoms with van der Waals surface area (Å²) in [6.45, 7) is 2.10. The smallest absolute Gasteiger partial charge is 0.233 e. The Labute approximate surface area is 89.4 Å². The number of nitrogens with zero attached hydrogens (tertiary/aromatic N) is 3. The maximum Gasteiger partial charge on any atom is 0.233 e. The van der Waals surface area contributed by atoms with Crippen LogP contribution in [0.4, 0.5) is 5.82 Å². The van der Waals surface area contributed by atoms with Gasteiger partial charge < -0.3 is 15.0 Å². The predicted molar refractivity (Wildman–Crippen MR) is 58.3 cm³/mol. The zero-order valence-electron chi connectivity index (χ0n) is 9.10. The second-order valence-corrected chi connectivity index (χ2v) is 3.69. The van der Waals surface area contributed by atoms with Crippen LogP contribution in [0.5, 0.6) is 5.88 Å². The zero-order valence-corrected chi connectivity index (χ0v) is 9.10. The van der Waals surface area contributed by atoms with E-state index in [1.54, 1.807) is 7.11 Å². The Balaban J connectivity index is 2.07. The molecule has 5 nitrogen and oxygen atoms in total. The summed E-state index contributed by atoms with van der Waals surface area (Å²) in [5, 5.41) is 11.4. The molecule has 1 aliphatic rings. The Kier molecular flexibility index (Phi) is 3.01. The maximum atomic E-state index is 4.97. The first-order chi connectivity index (χ1) is 7.31. The lowest BCUT2D eigenvalue weighted by molar-refractivity contribution is 0.392. The van der Waals surface area contributed by atoms with E-state index in [0.29, 0.717) is 11.9 Å². The summed E-state index contributed by atoms with van der Waals surface area (Å²) in [5.41, 5.74) is 0. The van der Waals surface area contributed by atoms with Gasteiger partial charge in [0.05, 0.1) is 7.11 Å². The first-order valence-corrected chi connectivity index (χ1v) is 5.12. The Morgan fingerprint density at radius 2 is 2.33 bits per heavy atom. The molecule has 1 fully saturated rings. The molecule has 1 aromatic heterocycles. The normalized spacial score (nSPS) is 20.3. The molecule has 0 amide bonds. The molecule has 1 aliphatic heterocycles. The Morgan fingerprint density at radius 1 is 1.47 bits per heavy atom. The molecule has 0 bridgehead atoms. The second kappa shape index (κ2) is 4.44. The highest BCUT2D eigenvalue weighted by Gasteiger charge is 2.20. The molecule has 82 valence electrons. The molecule has 2 heterocycles. The molecular weight excluding hydrogens is 192 g/mol. The van der Waals surface area contributed by atoms with E-state index in [1.807, 2.05) is 19.2 Å². The molecule has 1 N–H and O–H groups in total. The number of hydrogen-bond acceptors (Lipinski definition) is 5. The van der Waals surface area contributed by atoms with Crippen LogP contribution < -0.4 is 15.0 Å². The van der Waals surface area contributed by atoms with E-state index in [0.717, 1.165) is 25.3 Å². The second-order valence-electron chi connectivity index (χ2n) is 3.69. The Hall–Kier alpha value is -1.36. The molecule has 15 heavy (non-hydrogen) atoms. The van der Waals surface area contributed by atoms with Crippen molar-refractivity contribution in [3.8, 4) is 5.88 Å². The quantitative estimate of drug-likeness (QED) is 0.773. The highest BCUT2D eigenvalue weighted by atomic mass is 16.5. The van der Waals surface area contributed by atoms with Crippen molar-refractivity contribution < 1.29 is 4.74 Å². The molecule has 0 spiro atoms. The first-order valence-electron chi connectivity index (χ1n) is 5.12. The van der Waals surface area contributed by atoms with Gasteiger partial charge in [-0.05, 0) is 19.0 Å². The van der Waals surface area contributed by atoms with E-state index < -0.39 is 0 Å². The zero-order chi connectivity index (χ0) is 10.7. The molecule has 1 saturated heterocycles. The van der Waals surface area contributed by atoms with Gasteiger partial charge in [0.2, 0.25) is 5.88 Å². The third kappa shape index (κ3) is 2.18. The Bertz CT molecular complexity index is 308. The number of ether oxygens (including phenoxy) is 1. The first kappa shape index (κ1) is 10.2. The predicted octanol–water partition coefficient (Wildman–Crippen LogP) is 0.283. The van der Waals surface area contributed by atoms with Gasteiger partial charge in [0.1, 0.15) is 0 Å². The number of rotatable bonds is 3. The molecular formula is C10H16N4O.